The van der Waals surface area contributed by atoms with E-state index in [1.807, 2.05) is 37.3 Å². The Hall–Kier alpha value is -1.35. The van der Waals surface area contributed by atoms with Crippen LogP contribution in [0.1, 0.15) is 18.9 Å². The summed E-state index contributed by atoms with van der Waals surface area (Å²) in [5.74, 6) is -0.441. The third-order valence-electron chi connectivity index (χ3n) is 2.48. The highest BCUT2D eigenvalue weighted by Crippen LogP contribution is 2.13. The molecule has 0 aromatic heterocycles. The largest absolute Gasteiger partial charge is 0.368 e. The van der Waals surface area contributed by atoms with Crippen LogP contribution in [-0.2, 0) is 11.2 Å². The van der Waals surface area contributed by atoms with Gasteiger partial charge in [0, 0.05) is 0 Å². The van der Waals surface area contributed by atoms with E-state index in [2.05, 4.69) is 0 Å². The fraction of sp³-hybridized carbons (Fsp3) is 0.364. The van der Waals surface area contributed by atoms with Crippen molar-refractivity contribution in [3.8, 4) is 0 Å². The maximum absolute atomic E-state index is 11.2. The van der Waals surface area contributed by atoms with Crippen molar-refractivity contribution >= 4 is 5.91 Å². The van der Waals surface area contributed by atoms with Gasteiger partial charge in [0.25, 0.3) is 0 Å². The molecule has 1 aromatic rings. The molecule has 1 amide bonds. The molecule has 3 heteroatoms. The van der Waals surface area contributed by atoms with Crippen LogP contribution in [0.25, 0.3) is 0 Å². The van der Waals surface area contributed by atoms with Crippen LogP contribution in [-0.4, -0.2) is 11.4 Å². The van der Waals surface area contributed by atoms with Crippen molar-refractivity contribution in [1.29, 1.82) is 0 Å². The van der Waals surface area contributed by atoms with Crippen molar-refractivity contribution in [3.05, 3.63) is 35.9 Å². The second-order valence-electron chi connectivity index (χ2n) is 3.54. The summed E-state index contributed by atoms with van der Waals surface area (Å²) in [4.78, 5) is 11.2. The minimum Gasteiger partial charge on any atom is -0.368 e. The van der Waals surface area contributed by atoms with Crippen LogP contribution in [0, 0.1) is 0 Å². The summed E-state index contributed by atoms with van der Waals surface area (Å²) in [6.45, 7) is 1.87. The Morgan fingerprint density at radius 3 is 2.36 bits per heavy atom. The van der Waals surface area contributed by atoms with Crippen LogP contribution >= 0.6 is 0 Å². The van der Waals surface area contributed by atoms with Gasteiger partial charge >= 0.3 is 0 Å². The van der Waals surface area contributed by atoms with Crippen LogP contribution < -0.4 is 11.5 Å². The number of amides is 1. The Balaban J connectivity index is 2.81. The minimum atomic E-state index is -0.915. The van der Waals surface area contributed by atoms with Gasteiger partial charge in [-0.15, -0.1) is 0 Å². The monoisotopic (exact) mass is 192 g/mol. The van der Waals surface area contributed by atoms with Crippen molar-refractivity contribution in [2.75, 3.05) is 0 Å². The molecular formula is C11H16N2O. The average Bonchev–Trinajstić information content (AvgIpc) is 2.19. The first-order valence-corrected chi connectivity index (χ1v) is 4.71. The lowest BCUT2D eigenvalue weighted by molar-refractivity contribution is -0.123. The van der Waals surface area contributed by atoms with Crippen LogP contribution in [0.2, 0.25) is 0 Å². The van der Waals surface area contributed by atoms with Crippen molar-refractivity contribution in [3.63, 3.8) is 0 Å². The molecule has 0 unspecified atom stereocenters. The second kappa shape index (κ2) is 4.24. The first-order chi connectivity index (χ1) is 6.58. The lowest BCUT2D eigenvalue weighted by Crippen LogP contribution is -2.53. The normalized spacial score (nSPS) is 14.7. The molecule has 14 heavy (non-hydrogen) atoms. The van der Waals surface area contributed by atoms with Gasteiger partial charge in [0.15, 0.2) is 0 Å². The number of carbonyl (C=O) groups is 1. The summed E-state index contributed by atoms with van der Waals surface area (Å²) in [6.07, 6.45) is 1.05. The van der Waals surface area contributed by atoms with Gasteiger partial charge < -0.3 is 11.5 Å². The predicted octanol–water partition coefficient (Wildman–Crippen LogP) is 0.822. The predicted molar refractivity (Wildman–Crippen MR) is 56.5 cm³/mol. The molecule has 0 heterocycles. The van der Waals surface area contributed by atoms with Gasteiger partial charge in [-0.1, -0.05) is 37.3 Å². The summed E-state index contributed by atoms with van der Waals surface area (Å²) >= 11 is 0. The van der Waals surface area contributed by atoms with Crippen molar-refractivity contribution in [1.82, 2.24) is 0 Å². The van der Waals surface area contributed by atoms with Gasteiger partial charge in [-0.3, -0.25) is 4.79 Å². The zero-order valence-electron chi connectivity index (χ0n) is 8.36. The summed E-state index contributed by atoms with van der Waals surface area (Å²) in [6, 6.07) is 9.66. The summed E-state index contributed by atoms with van der Waals surface area (Å²) in [5.41, 5.74) is 11.3. The van der Waals surface area contributed by atoms with E-state index >= 15 is 0 Å². The zero-order chi connectivity index (χ0) is 10.6. The van der Waals surface area contributed by atoms with Crippen molar-refractivity contribution in [2.24, 2.45) is 11.5 Å². The molecule has 0 fully saturated rings. The lowest BCUT2D eigenvalue weighted by atomic mass is 9.89. The number of hydrogen-bond donors (Lipinski definition) is 2. The molecule has 0 aliphatic rings. The van der Waals surface area contributed by atoms with Gasteiger partial charge in [0.2, 0.25) is 5.91 Å². The summed E-state index contributed by atoms with van der Waals surface area (Å²) in [5, 5.41) is 0. The molecule has 0 saturated carbocycles. The molecule has 0 aliphatic heterocycles. The van der Waals surface area contributed by atoms with Gasteiger partial charge in [-0.25, -0.2) is 0 Å². The maximum atomic E-state index is 11.2. The Morgan fingerprint density at radius 2 is 1.93 bits per heavy atom. The molecule has 1 aromatic carbocycles. The fourth-order valence-corrected chi connectivity index (χ4v) is 1.35. The van der Waals surface area contributed by atoms with E-state index in [0.717, 1.165) is 5.56 Å². The molecule has 0 radical (unpaired) electrons. The van der Waals surface area contributed by atoms with E-state index in [4.69, 9.17) is 11.5 Å². The van der Waals surface area contributed by atoms with E-state index in [0.29, 0.717) is 12.8 Å². The third-order valence-corrected chi connectivity index (χ3v) is 2.48. The number of carbonyl (C=O) groups excluding carboxylic acids is 1. The van der Waals surface area contributed by atoms with Gasteiger partial charge in [-0.05, 0) is 18.4 Å². The highest BCUT2D eigenvalue weighted by molar-refractivity contribution is 5.84. The molecule has 0 spiro atoms. The number of rotatable bonds is 4. The van der Waals surface area contributed by atoms with Crippen molar-refractivity contribution in [2.45, 2.75) is 25.3 Å². The third kappa shape index (κ3) is 2.33. The van der Waals surface area contributed by atoms with E-state index in [-0.39, 0.29) is 0 Å². The molecule has 0 aliphatic carbocycles. The number of benzene rings is 1. The second-order valence-corrected chi connectivity index (χ2v) is 3.54. The molecule has 4 N–H and O–H groups in total. The summed E-state index contributed by atoms with van der Waals surface area (Å²) in [7, 11) is 0. The van der Waals surface area contributed by atoms with Crippen LogP contribution in [0.4, 0.5) is 0 Å². The first-order valence-electron chi connectivity index (χ1n) is 4.71. The molecule has 3 nitrogen and oxygen atoms in total. The molecule has 0 saturated heterocycles. The molecule has 1 atom stereocenters. The molecule has 0 bridgehead atoms. The zero-order valence-corrected chi connectivity index (χ0v) is 8.36. The molecule has 1 rings (SSSR count). The highest BCUT2D eigenvalue weighted by Gasteiger charge is 2.29. The van der Waals surface area contributed by atoms with E-state index in [1.165, 1.54) is 0 Å². The van der Waals surface area contributed by atoms with Crippen LogP contribution in [0.5, 0.6) is 0 Å². The molecular weight excluding hydrogens is 176 g/mol. The van der Waals surface area contributed by atoms with E-state index in [1.54, 1.807) is 0 Å². The van der Waals surface area contributed by atoms with E-state index < -0.39 is 11.4 Å². The highest BCUT2D eigenvalue weighted by atomic mass is 16.1. The Bertz CT molecular complexity index is 310. The Morgan fingerprint density at radius 1 is 1.36 bits per heavy atom. The quantitative estimate of drug-likeness (QED) is 0.741. The maximum Gasteiger partial charge on any atom is 0.237 e. The SMILES string of the molecule is CC[C@](N)(Cc1ccccc1)C(N)=O. The smallest absolute Gasteiger partial charge is 0.237 e. The average molecular weight is 192 g/mol. The van der Waals surface area contributed by atoms with Crippen molar-refractivity contribution < 1.29 is 4.79 Å². The van der Waals surface area contributed by atoms with Crippen LogP contribution in [0.3, 0.4) is 0 Å². The number of nitrogens with two attached hydrogens (primary N) is 2. The molecule has 76 valence electrons. The number of hydrogen-bond acceptors (Lipinski definition) is 2. The van der Waals surface area contributed by atoms with Gasteiger partial charge in [0.05, 0.1) is 5.54 Å². The standard InChI is InChI=1S/C11H16N2O/c1-2-11(13,10(12)14)8-9-6-4-3-5-7-9/h3-7H,2,8,13H2,1H3,(H2,12,14)/t11-/m0/s1. The fourth-order valence-electron chi connectivity index (χ4n) is 1.35. The summed E-state index contributed by atoms with van der Waals surface area (Å²) < 4.78 is 0. The van der Waals surface area contributed by atoms with Gasteiger partial charge in [-0.2, -0.15) is 0 Å². The Labute approximate surface area is 84.1 Å². The lowest BCUT2D eigenvalue weighted by Gasteiger charge is -2.24. The minimum absolute atomic E-state index is 0.441. The topological polar surface area (TPSA) is 69.1 Å². The van der Waals surface area contributed by atoms with Gasteiger partial charge in [0.1, 0.15) is 0 Å². The van der Waals surface area contributed by atoms with Crippen LogP contribution in [0.15, 0.2) is 30.3 Å². The Kier molecular flexibility index (Phi) is 3.25. The first kappa shape index (κ1) is 10.7. The number of primary amides is 1. The van der Waals surface area contributed by atoms with E-state index in [9.17, 15) is 4.79 Å².